The Bertz CT molecular complexity index is 371. The van der Waals surface area contributed by atoms with Crippen molar-refractivity contribution in [1.82, 2.24) is 14.8 Å². The van der Waals surface area contributed by atoms with E-state index in [0.717, 1.165) is 18.7 Å². The Balaban J connectivity index is 2.31. The predicted octanol–water partition coefficient (Wildman–Crippen LogP) is 1.41. The van der Waals surface area contributed by atoms with Crippen LogP contribution >= 0.6 is 0 Å². The smallest absolute Gasteiger partial charge is 0.275 e. The number of nitrogens with one attached hydrogen (secondary N) is 1. The summed E-state index contributed by atoms with van der Waals surface area (Å²) in [5.41, 5.74) is -0.119. The lowest BCUT2D eigenvalue weighted by Gasteiger charge is -2.08. The van der Waals surface area contributed by atoms with Gasteiger partial charge in [-0.15, -0.1) is 6.58 Å². The Morgan fingerprint density at radius 1 is 1.57 bits per heavy atom. The van der Waals surface area contributed by atoms with Crippen LogP contribution in [0, 0.1) is 0 Å². The summed E-state index contributed by atoms with van der Waals surface area (Å²) in [5.74, 6) is 1.38. The number of hydrogen-bond donors (Lipinski definition) is 1. The second-order valence-electron chi connectivity index (χ2n) is 3.77. The highest BCUT2D eigenvalue weighted by molar-refractivity contribution is 5.00. The number of aromatic nitrogens is 3. The first-order valence-electron chi connectivity index (χ1n) is 5.09. The number of aromatic amines is 1. The Labute approximate surface area is 82.6 Å². The van der Waals surface area contributed by atoms with E-state index in [9.17, 15) is 4.79 Å². The maximum absolute atomic E-state index is 11.4. The zero-order valence-electron chi connectivity index (χ0n) is 8.20. The molecule has 1 aromatic rings. The van der Waals surface area contributed by atoms with Gasteiger partial charge in [0.05, 0.1) is 0 Å². The molecule has 14 heavy (non-hydrogen) atoms. The highest BCUT2D eigenvalue weighted by Gasteiger charge is 2.22. The quantitative estimate of drug-likeness (QED) is 0.738. The Morgan fingerprint density at radius 3 is 2.93 bits per heavy atom. The zero-order chi connectivity index (χ0) is 9.97. The SMILES string of the molecule is C=CCn1c(C2CCCC2)n[nH]c1=O. The van der Waals surface area contributed by atoms with Gasteiger partial charge < -0.3 is 0 Å². The first-order chi connectivity index (χ1) is 6.83. The molecule has 1 fully saturated rings. The van der Waals surface area contributed by atoms with Crippen LogP contribution in [0.4, 0.5) is 0 Å². The van der Waals surface area contributed by atoms with Crippen molar-refractivity contribution in [2.75, 3.05) is 0 Å². The molecule has 0 atom stereocenters. The molecule has 0 bridgehead atoms. The number of rotatable bonds is 3. The standard InChI is InChI=1S/C10H15N3O/c1-2-7-13-9(11-12-10(13)14)8-5-3-4-6-8/h2,8H,1,3-7H2,(H,12,14). The number of hydrogen-bond acceptors (Lipinski definition) is 2. The molecule has 1 aliphatic rings. The van der Waals surface area contributed by atoms with E-state index >= 15 is 0 Å². The average Bonchev–Trinajstić information content (AvgIpc) is 2.77. The molecule has 76 valence electrons. The normalized spacial score (nSPS) is 17.4. The second kappa shape index (κ2) is 3.82. The summed E-state index contributed by atoms with van der Waals surface area (Å²) < 4.78 is 1.68. The van der Waals surface area contributed by atoms with E-state index in [1.165, 1.54) is 12.8 Å². The van der Waals surface area contributed by atoms with E-state index in [0.29, 0.717) is 12.5 Å². The van der Waals surface area contributed by atoms with Crippen LogP contribution in [0.25, 0.3) is 0 Å². The molecular formula is C10H15N3O. The van der Waals surface area contributed by atoms with Crippen molar-refractivity contribution in [3.63, 3.8) is 0 Å². The lowest BCUT2D eigenvalue weighted by Crippen LogP contribution is -2.19. The summed E-state index contributed by atoms with van der Waals surface area (Å²) >= 11 is 0. The number of H-pyrrole nitrogens is 1. The summed E-state index contributed by atoms with van der Waals surface area (Å²) in [6.45, 7) is 4.20. The maximum Gasteiger partial charge on any atom is 0.343 e. The van der Waals surface area contributed by atoms with Crippen LogP contribution in [-0.2, 0) is 6.54 Å². The first kappa shape index (κ1) is 9.24. The minimum atomic E-state index is -0.119. The van der Waals surface area contributed by atoms with E-state index in [-0.39, 0.29) is 5.69 Å². The van der Waals surface area contributed by atoms with E-state index in [4.69, 9.17) is 0 Å². The van der Waals surface area contributed by atoms with Gasteiger partial charge in [0.15, 0.2) is 0 Å². The lowest BCUT2D eigenvalue weighted by molar-refractivity contribution is 0.607. The van der Waals surface area contributed by atoms with Crippen LogP contribution in [0.3, 0.4) is 0 Å². The van der Waals surface area contributed by atoms with Gasteiger partial charge in [0.1, 0.15) is 5.82 Å². The van der Waals surface area contributed by atoms with Gasteiger partial charge in [-0.05, 0) is 12.8 Å². The van der Waals surface area contributed by atoms with Crippen LogP contribution < -0.4 is 5.69 Å². The van der Waals surface area contributed by atoms with E-state index in [1.54, 1.807) is 10.6 Å². The molecule has 4 nitrogen and oxygen atoms in total. The molecule has 1 saturated carbocycles. The molecule has 0 spiro atoms. The Kier molecular flexibility index (Phi) is 2.52. The summed E-state index contributed by atoms with van der Waals surface area (Å²) in [5, 5.41) is 6.60. The van der Waals surface area contributed by atoms with Crippen molar-refractivity contribution in [1.29, 1.82) is 0 Å². The summed E-state index contributed by atoms with van der Waals surface area (Å²) in [6.07, 6.45) is 6.54. The van der Waals surface area contributed by atoms with Crippen molar-refractivity contribution >= 4 is 0 Å². The first-order valence-corrected chi connectivity index (χ1v) is 5.09. The van der Waals surface area contributed by atoms with Gasteiger partial charge >= 0.3 is 5.69 Å². The van der Waals surface area contributed by atoms with Gasteiger partial charge in [-0.25, -0.2) is 9.89 Å². The van der Waals surface area contributed by atoms with Crippen molar-refractivity contribution < 1.29 is 0 Å². The fourth-order valence-corrected chi connectivity index (χ4v) is 2.13. The molecule has 2 rings (SSSR count). The fraction of sp³-hybridized carbons (Fsp3) is 0.600. The molecule has 0 saturated heterocycles. The van der Waals surface area contributed by atoms with Crippen LogP contribution in [-0.4, -0.2) is 14.8 Å². The van der Waals surface area contributed by atoms with Crippen molar-refractivity contribution in [2.45, 2.75) is 38.1 Å². The second-order valence-corrected chi connectivity index (χ2v) is 3.77. The number of allylic oxidation sites excluding steroid dienone is 1. The van der Waals surface area contributed by atoms with E-state index in [2.05, 4.69) is 16.8 Å². The topological polar surface area (TPSA) is 50.7 Å². The maximum atomic E-state index is 11.4. The van der Waals surface area contributed by atoms with Gasteiger partial charge in [-0.1, -0.05) is 18.9 Å². The van der Waals surface area contributed by atoms with Gasteiger partial charge in [0.2, 0.25) is 0 Å². The molecule has 4 heteroatoms. The largest absolute Gasteiger partial charge is 0.343 e. The minimum Gasteiger partial charge on any atom is -0.275 e. The Hall–Kier alpha value is -1.32. The minimum absolute atomic E-state index is 0.119. The third kappa shape index (κ3) is 1.52. The van der Waals surface area contributed by atoms with Gasteiger partial charge in [-0.2, -0.15) is 5.10 Å². The highest BCUT2D eigenvalue weighted by atomic mass is 16.1. The van der Waals surface area contributed by atoms with Gasteiger partial charge in [0, 0.05) is 12.5 Å². The molecule has 0 unspecified atom stereocenters. The molecule has 0 aliphatic heterocycles. The molecule has 0 aromatic carbocycles. The predicted molar refractivity (Wildman–Crippen MR) is 54.3 cm³/mol. The number of nitrogens with zero attached hydrogens (tertiary/aromatic N) is 2. The van der Waals surface area contributed by atoms with E-state index in [1.807, 2.05) is 0 Å². The van der Waals surface area contributed by atoms with Crippen molar-refractivity contribution in [3.05, 3.63) is 29.0 Å². The van der Waals surface area contributed by atoms with Crippen molar-refractivity contribution in [3.8, 4) is 0 Å². The molecule has 0 radical (unpaired) electrons. The summed E-state index contributed by atoms with van der Waals surface area (Å²) in [4.78, 5) is 11.4. The summed E-state index contributed by atoms with van der Waals surface area (Å²) in [7, 11) is 0. The van der Waals surface area contributed by atoms with Gasteiger partial charge in [0.25, 0.3) is 0 Å². The molecule has 1 heterocycles. The molecule has 1 aliphatic carbocycles. The monoisotopic (exact) mass is 193 g/mol. The molecule has 0 amide bonds. The molecular weight excluding hydrogens is 178 g/mol. The third-order valence-corrected chi connectivity index (χ3v) is 2.82. The zero-order valence-corrected chi connectivity index (χ0v) is 8.20. The average molecular weight is 193 g/mol. The van der Waals surface area contributed by atoms with Crippen LogP contribution in [0.5, 0.6) is 0 Å². The summed E-state index contributed by atoms with van der Waals surface area (Å²) in [6, 6.07) is 0. The van der Waals surface area contributed by atoms with Gasteiger partial charge in [-0.3, -0.25) is 4.57 Å². The Morgan fingerprint density at radius 2 is 2.29 bits per heavy atom. The fourth-order valence-electron chi connectivity index (χ4n) is 2.13. The molecule has 1 aromatic heterocycles. The van der Waals surface area contributed by atoms with Crippen LogP contribution in [0.1, 0.15) is 37.4 Å². The highest BCUT2D eigenvalue weighted by Crippen LogP contribution is 2.32. The lowest BCUT2D eigenvalue weighted by atomic mass is 10.1. The van der Waals surface area contributed by atoms with Crippen molar-refractivity contribution in [2.24, 2.45) is 0 Å². The van der Waals surface area contributed by atoms with Crippen LogP contribution in [0.15, 0.2) is 17.4 Å². The van der Waals surface area contributed by atoms with Crippen LogP contribution in [0.2, 0.25) is 0 Å². The third-order valence-electron chi connectivity index (χ3n) is 2.82. The van der Waals surface area contributed by atoms with E-state index < -0.39 is 0 Å². The molecule has 1 N–H and O–H groups in total.